The van der Waals surface area contributed by atoms with Crippen LogP contribution in [0.2, 0.25) is 0 Å². The molecule has 6 heteroatoms. The minimum atomic E-state index is -0.390. The van der Waals surface area contributed by atoms with Crippen LogP contribution in [0.4, 0.5) is 11.4 Å². The Labute approximate surface area is 162 Å². The topological polar surface area (TPSA) is 94.9 Å². The number of hydrogen-bond donors (Lipinski definition) is 2. The lowest BCUT2D eigenvalue weighted by Crippen LogP contribution is -2.16. The number of hydrogen-bond acceptors (Lipinski definition) is 4. The molecule has 1 aromatic heterocycles. The van der Waals surface area contributed by atoms with Crippen molar-refractivity contribution in [2.24, 2.45) is 0 Å². The molecule has 0 fully saturated rings. The second kappa shape index (κ2) is 8.14. The van der Waals surface area contributed by atoms with Crippen molar-refractivity contribution < 1.29 is 9.59 Å². The van der Waals surface area contributed by atoms with Crippen LogP contribution < -0.4 is 10.6 Å². The van der Waals surface area contributed by atoms with Crippen molar-refractivity contribution in [1.29, 1.82) is 5.26 Å². The van der Waals surface area contributed by atoms with Crippen molar-refractivity contribution in [2.45, 2.75) is 13.8 Å². The van der Waals surface area contributed by atoms with Crippen molar-refractivity contribution in [3.05, 3.63) is 88.7 Å². The molecule has 3 rings (SSSR count). The molecule has 0 aliphatic rings. The molecular weight excluding hydrogens is 352 g/mol. The Hall–Kier alpha value is -3.98. The number of aryl methyl sites for hydroxylation is 2. The van der Waals surface area contributed by atoms with E-state index in [0.29, 0.717) is 11.3 Å². The molecule has 2 N–H and O–H groups in total. The monoisotopic (exact) mass is 370 g/mol. The van der Waals surface area contributed by atoms with Gasteiger partial charge in [0.2, 0.25) is 0 Å². The minimum Gasteiger partial charge on any atom is -0.322 e. The molecule has 6 nitrogen and oxygen atoms in total. The normalized spacial score (nSPS) is 10.0. The molecule has 3 aromatic rings. The van der Waals surface area contributed by atoms with E-state index in [1.54, 1.807) is 24.3 Å². The quantitative estimate of drug-likeness (QED) is 0.723. The van der Waals surface area contributed by atoms with Gasteiger partial charge >= 0.3 is 0 Å². The van der Waals surface area contributed by atoms with E-state index in [2.05, 4.69) is 15.6 Å². The fourth-order valence-electron chi connectivity index (χ4n) is 2.58. The number of carbonyl (C=O) groups is 2. The summed E-state index contributed by atoms with van der Waals surface area (Å²) >= 11 is 0. The summed E-state index contributed by atoms with van der Waals surface area (Å²) in [6.07, 6.45) is 2.81. The molecule has 2 amide bonds. The highest BCUT2D eigenvalue weighted by Crippen LogP contribution is 2.18. The van der Waals surface area contributed by atoms with Crippen LogP contribution in [0.25, 0.3) is 0 Å². The highest BCUT2D eigenvalue weighted by atomic mass is 16.2. The summed E-state index contributed by atoms with van der Waals surface area (Å²) < 4.78 is 0. The van der Waals surface area contributed by atoms with Crippen LogP contribution in [-0.2, 0) is 0 Å². The summed E-state index contributed by atoms with van der Waals surface area (Å²) in [6, 6.07) is 15.8. The Kier molecular flexibility index (Phi) is 5.47. The van der Waals surface area contributed by atoms with E-state index in [1.165, 1.54) is 18.5 Å². The smallest absolute Gasteiger partial charge is 0.257 e. The van der Waals surface area contributed by atoms with Crippen LogP contribution in [0.5, 0.6) is 0 Å². The van der Waals surface area contributed by atoms with Gasteiger partial charge in [0.05, 0.1) is 22.8 Å². The van der Waals surface area contributed by atoms with E-state index < -0.39 is 5.91 Å². The van der Waals surface area contributed by atoms with Gasteiger partial charge in [0.15, 0.2) is 0 Å². The van der Waals surface area contributed by atoms with E-state index in [4.69, 9.17) is 5.26 Å². The molecule has 0 atom stereocenters. The molecule has 0 aliphatic carbocycles. The molecular formula is C22H18N4O2. The highest BCUT2D eigenvalue weighted by molar-refractivity contribution is 6.08. The molecule has 0 saturated carbocycles. The minimum absolute atomic E-state index is 0.262. The van der Waals surface area contributed by atoms with Crippen LogP contribution in [0, 0.1) is 25.2 Å². The fourth-order valence-corrected chi connectivity index (χ4v) is 2.58. The number of anilines is 2. The molecule has 138 valence electrons. The number of nitriles is 1. The lowest BCUT2D eigenvalue weighted by atomic mass is 10.1. The second-order valence-electron chi connectivity index (χ2n) is 6.38. The summed E-state index contributed by atoms with van der Waals surface area (Å²) in [5.74, 6) is -0.729. The zero-order valence-electron chi connectivity index (χ0n) is 15.5. The lowest BCUT2D eigenvalue weighted by Gasteiger charge is -2.10. The van der Waals surface area contributed by atoms with Gasteiger partial charge in [-0.3, -0.25) is 14.6 Å². The van der Waals surface area contributed by atoms with E-state index in [9.17, 15) is 9.59 Å². The van der Waals surface area contributed by atoms with Gasteiger partial charge in [-0.05, 0) is 61.4 Å². The van der Waals surface area contributed by atoms with E-state index in [1.807, 2.05) is 38.1 Å². The standard InChI is InChI=1S/C22H18N4O2/c1-14-3-4-15(2)20(9-14)26-22(28)18-10-17(12-24-13-18)21(27)25-19-7-5-16(11-23)6-8-19/h3-10,12-13H,1-2H3,(H,25,27)(H,26,28). The molecule has 0 spiro atoms. The van der Waals surface area contributed by atoms with Crippen molar-refractivity contribution in [1.82, 2.24) is 4.98 Å². The summed E-state index contributed by atoms with van der Waals surface area (Å²) in [5, 5.41) is 14.4. The zero-order chi connectivity index (χ0) is 20.1. The molecule has 0 saturated heterocycles. The third-order valence-electron chi connectivity index (χ3n) is 4.18. The van der Waals surface area contributed by atoms with Gasteiger partial charge in [-0.2, -0.15) is 5.26 Å². The molecule has 0 bridgehead atoms. The first kappa shape index (κ1) is 18.8. The number of nitrogens with one attached hydrogen (secondary N) is 2. The van der Waals surface area contributed by atoms with E-state index in [-0.39, 0.29) is 17.0 Å². The number of pyridine rings is 1. The van der Waals surface area contributed by atoms with Crippen molar-refractivity contribution in [3.8, 4) is 6.07 Å². The molecule has 0 radical (unpaired) electrons. The van der Waals surface area contributed by atoms with Crippen LogP contribution >= 0.6 is 0 Å². The Morgan fingerprint density at radius 3 is 2.18 bits per heavy atom. The number of amides is 2. The highest BCUT2D eigenvalue weighted by Gasteiger charge is 2.13. The summed E-state index contributed by atoms with van der Waals surface area (Å²) in [5.41, 5.74) is 4.30. The molecule has 0 aliphatic heterocycles. The van der Waals surface area contributed by atoms with Crippen molar-refractivity contribution >= 4 is 23.2 Å². The number of benzene rings is 2. The summed E-state index contributed by atoms with van der Waals surface area (Å²) in [4.78, 5) is 29.0. The zero-order valence-corrected chi connectivity index (χ0v) is 15.5. The summed E-state index contributed by atoms with van der Waals surface area (Å²) in [7, 11) is 0. The van der Waals surface area contributed by atoms with Gasteiger partial charge in [0.1, 0.15) is 0 Å². The maximum atomic E-state index is 12.6. The van der Waals surface area contributed by atoms with Crippen LogP contribution in [0.1, 0.15) is 37.4 Å². The predicted octanol–water partition coefficient (Wildman–Crippen LogP) is 4.07. The third kappa shape index (κ3) is 4.40. The van der Waals surface area contributed by atoms with Gasteiger partial charge in [-0.1, -0.05) is 12.1 Å². The largest absolute Gasteiger partial charge is 0.322 e. The maximum Gasteiger partial charge on any atom is 0.257 e. The number of rotatable bonds is 4. The first-order valence-corrected chi connectivity index (χ1v) is 8.61. The molecule has 2 aromatic carbocycles. The lowest BCUT2D eigenvalue weighted by molar-refractivity contribution is 0.102. The van der Waals surface area contributed by atoms with E-state index in [0.717, 1.165) is 16.8 Å². The molecule has 28 heavy (non-hydrogen) atoms. The summed E-state index contributed by atoms with van der Waals surface area (Å²) in [6.45, 7) is 3.86. The van der Waals surface area contributed by atoms with Gasteiger partial charge in [0, 0.05) is 23.8 Å². The van der Waals surface area contributed by atoms with Gasteiger partial charge < -0.3 is 10.6 Å². The number of carbonyl (C=O) groups excluding carboxylic acids is 2. The predicted molar refractivity (Wildman–Crippen MR) is 107 cm³/mol. The molecule has 1 heterocycles. The maximum absolute atomic E-state index is 12.6. The fraction of sp³-hybridized carbons (Fsp3) is 0.0909. The van der Waals surface area contributed by atoms with E-state index >= 15 is 0 Å². The first-order chi connectivity index (χ1) is 13.5. The van der Waals surface area contributed by atoms with Crippen molar-refractivity contribution in [3.63, 3.8) is 0 Å². The third-order valence-corrected chi connectivity index (χ3v) is 4.18. The Morgan fingerprint density at radius 2 is 1.54 bits per heavy atom. The molecule has 0 unspecified atom stereocenters. The number of aromatic nitrogens is 1. The average molecular weight is 370 g/mol. The van der Waals surface area contributed by atoms with Crippen LogP contribution in [-0.4, -0.2) is 16.8 Å². The Balaban J connectivity index is 1.75. The Morgan fingerprint density at radius 1 is 0.893 bits per heavy atom. The van der Waals surface area contributed by atoms with Crippen molar-refractivity contribution in [2.75, 3.05) is 10.6 Å². The van der Waals surface area contributed by atoms with Gasteiger partial charge in [-0.25, -0.2) is 0 Å². The second-order valence-corrected chi connectivity index (χ2v) is 6.38. The number of nitrogens with zero attached hydrogens (tertiary/aromatic N) is 2. The van der Waals surface area contributed by atoms with Gasteiger partial charge in [0.25, 0.3) is 11.8 Å². The average Bonchev–Trinajstić information content (AvgIpc) is 2.71. The Bertz CT molecular complexity index is 1080. The van der Waals surface area contributed by atoms with Gasteiger partial charge in [-0.15, -0.1) is 0 Å². The SMILES string of the molecule is Cc1ccc(C)c(NC(=O)c2cncc(C(=O)Nc3ccc(C#N)cc3)c2)c1. The van der Waals surface area contributed by atoms with Crippen LogP contribution in [0.3, 0.4) is 0 Å². The first-order valence-electron chi connectivity index (χ1n) is 8.61. The van der Waals surface area contributed by atoms with Crippen LogP contribution in [0.15, 0.2) is 60.9 Å².